The zero-order chi connectivity index (χ0) is 25.8. The Morgan fingerprint density at radius 2 is 1.69 bits per heavy atom. The van der Waals surface area contributed by atoms with Gasteiger partial charge in [0, 0.05) is 0 Å². The van der Waals surface area contributed by atoms with Crippen LogP contribution in [0.3, 0.4) is 0 Å². The molecule has 35 heavy (non-hydrogen) atoms. The second kappa shape index (κ2) is 7.66. The molecule has 0 aromatic carbocycles. The van der Waals surface area contributed by atoms with Gasteiger partial charge in [0.05, 0.1) is 23.0 Å². The lowest BCUT2D eigenvalue weighted by atomic mass is 9.33. The van der Waals surface area contributed by atoms with Crippen LogP contribution >= 0.6 is 0 Å². The van der Waals surface area contributed by atoms with E-state index in [0.29, 0.717) is 18.3 Å². The van der Waals surface area contributed by atoms with E-state index in [1.54, 1.807) is 0 Å². The molecule has 0 bridgehead atoms. The quantitative estimate of drug-likeness (QED) is 0.367. The predicted molar refractivity (Wildman–Crippen MR) is 134 cm³/mol. The third kappa shape index (κ3) is 2.89. The molecule has 5 nitrogen and oxygen atoms in total. The first kappa shape index (κ1) is 25.4. The molecule has 0 unspecified atom stereocenters. The molecule has 12 atom stereocenters. The van der Waals surface area contributed by atoms with Gasteiger partial charge in [-0.2, -0.15) is 0 Å². The maximum Gasteiger partial charge on any atom is 0.310 e. The van der Waals surface area contributed by atoms with Crippen LogP contribution in [0.4, 0.5) is 0 Å². The number of aliphatic carboxylic acids is 1. The van der Waals surface area contributed by atoms with Gasteiger partial charge in [0.25, 0.3) is 0 Å². The number of hydrogen-bond donors (Lipinski definition) is 3. The third-order valence-electron chi connectivity index (χ3n) is 13.3. The van der Waals surface area contributed by atoms with Crippen molar-refractivity contribution < 1.29 is 24.9 Å². The minimum Gasteiger partial charge on any atom is -0.481 e. The van der Waals surface area contributed by atoms with E-state index in [-0.39, 0.29) is 34.0 Å². The smallest absolute Gasteiger partial charge is 0.310 e. The molecule has 5 heteroatoms. The molecule has 0 aromatic rings. The molecular weight excluding hydrogens is 440 g/mol. The van der Waals surface area contributed by atoms with E-state index in [1.165, 1.54) is 5.57 Å². The molecule has 0 spiro atoms. The fourth-order valence-electron chi connectivity index (χ4n) is 10.9. The van der Waals surface area contributed by atoms with E-state index in [4.69, 9.17) is 0 Å². The molecule has 0 radical (unpaired) electrons. The van der Waals surface area contributed by atoms with Gasteiger partial charge in [-0.25, -0.2) is 0 Å². The number of carbonyl (C=O) groups excluding carboxylic acids is 1. The molecule has 0 saturated heterocycles. The lowest BCUT2D eigenvalue weighted by molar-refractivity contribution is -0.229. The summed E-state index contributed by atoms with van der Waals surface area (Å²) in [5.74, 6) is 0.610. The minimum atomic E-state index is -1.02. The Morgan fingerprint density at radius 1 is 1.00 bits per heavy atom. The molecule has 0 aliphatic heterocycles. The monoisotopic (exact) mass is 486 g/mol. The number of allylic oxidation sites excluding steroid dienone is 2. The first-order chi connectivity index (χ1) is 16.2. The van der Waals surface area contributed by atoms with Crippen molar-refractivity contribution in [3.8, 4) is 0 Å². The number of aliphatic hydroxyl groups excluding tert-OH is 2. The summed E-state index contributed by atoms with van der Waals surface area (Å²) in [6.07, 6.45) is 7.94. The summed E-state index contributed by atoms with van der Waals surface area (Å²) in [6, 6.07) is 0. The molecule has 0 amide bonds. The second-order valence-corrected chi connectivity index (χ2v) is 14.3. The Balaban J connectivity index is 1.63. The summed E-state index contributed by atoms with van der Waals surface area (Å²) >= 11 is 0. The van der Waals surface area contributed by atoms with Crippen LogP contribution in [0.25, 0.3) is 0 Å². The van der Waals surface area contributed by atoms with Crippen molar-refractivity contribution in [3.05, 3.63) is 11.6 Å². The first-order valence-corrected chi connectivity index (χ1v) is 14.0. The zero-order valence-electron chi connectivity index (χ0n) is 22.5. The number of carbonyl (C=O) groups is 2. The molecule has 196 valence electrons. The number of rotatable bonds is 2. The molecule has 4 fully saturated rings. The van der Waals surface area contributed by atoms with Gasteiger partial charge in [-0.1, -0.05) is 53.2 Å². The van der Waals surface area contributed by atoms with Crippen molar-refractivity contribution in [3.63, 3.8) is 0 Å². The fourth-order valence-corrected chi connectivity index (χ4v) is 10.9. The molecule has 3 N–H and O–H groups in total. The summed E-state index contributed by atoms with van der Waals surface area (Å²) in [7, 11) is 0. The molecule has 5 aliphatic rings. The molecule has 0 aromatic heterocycles. The molecule has 5 rings (SSSR count). The molecule has 4 saturated carbocycles. The Labute approximate surface area is 210 Å². The zero-order valence-corrected chi connectivity index (χ0v) is 22.5. The Kier molecular flexibility index (Phi) is 5.57. The van der Waals surface area contributed by atoms with Crippen LogP contribution in [0.15, 0.2) is 11.6 Å². The van der Waals surface area contributed by atoms with Gasteiger partial charge in [-0.05, 0) is 97.2 Å². The van der Waals surface area contributed by atoms with Crippen molar-refractivity contribution in [1.82, 2.24) is 0 Å². The van der Waals surface area contributed by atoms with Crippen molar-refractivity contribution in [2.45, 2.75) is 105 Å². The largest absolute Gasteiger partial charge is 0.481 e. The number of aliphatic hydroxyl groups is 2. The number of aldehydes is 1. The van der Waals surface area contributed by atoms with Crippen LogP contribution < -0.4 is 0 Å². The summed E-state index contributed by atoms with van der Waals surface area (Å²) in [5, 5.41) is 32.3. The Hall–Kier alpha value is -1.20. The van der Waals surface area contributed by atoms with E-state index in [2.05, 4.69) is 40.7 Å². The topological polar surface area (TPSA) is 94.8 Å². The lowest BCUT2D eigenvalue weighted by Crippen LogP contribution is -2.68. The van der Waals surface area contributed by atoms with Crippen LogP contribution in [0, 0.1) is 56.7 Å². The summed E-state index contributed by atoms with van der Waals surface area (Å²) in [6.45, 7) is 13.5. The van der Waals surface area contributed by atoms with Gasteiger partial charge in [-0.3, -0.25) is 4.79 Å². The third-order valence-corrected chi connectivity index (χ3v) is 13.3. The minimum absolute atomic E-state index is 0.0258. The molecular formula is C30H46O5. The van der Waals surface area contributed by atoms with E-state index < -0.39 is 29.0 Å². The van der Waals surface area contributed by atoms with E-state index in [1.807, 2.05) is 6.92 Å². The highest BCUT2D eigenvalue weighted by atomic mass is 16.4. The van der Waals surface area contributed by atoms with E-state index in [9.17, 15) is 24.9 Å². The number of carboxylic acid groups (broad SMARTS) is 1. The van der Waals surface area contributed by atoms with Crippen LogP contribution in [0.2, 0.25) is 0 Å². The second-order valence-electron chi connectivity index (χ2n) is 14.3. The first-order valence-electron chi connectivity index (χ1n) is 14.0. The van der Waals surface area contributed by atoms with Gasteiger partial charge < -0.3 is 20.1 Å². The van der Waals surface area contributed by atoms with Crippen LogP contribution in [0.1, 0.15) is 92.9 Å². The van der Waals surface area contributed by atoms with Crippen molar-refractivity contribution in [2.75, 3.05) is 0 Å². The number of fused-ring (bicyclic) bond motifs is 7. The number of carboxylic acids is 1. The van der Waals surface area contributed by atoms with E-state index >= 15 is 0 Å². The maximum absolute atomic E-state index is 12.8. The predicted octanol–water partition coefficient (Wildman–Crippen LogP) is 5.24. The van der Waals surface area contributed by atoms with Crippen molar-refractivity contribution in [2.24, 2.45) is 56.7 Å². The lowest BCUT2D eigenvalue weighted by Gasteiger charge is -2.71. The summed E-state index contributed by atoms with van der Waals surface area (Å²) in [5.41, 5.74) is -0.615. The van der Waals surface area contributed by atoms with Gasteiger partial charge in [0.1, 0.15) is 6.29 Å². The van der Waals surface area contributed by atoms with E-state index in [0.717, 1.165) is 51.2 Å². The highest BCUT2D eigenvalue weighted by Crippen LogP contribution is 2.75. The molecule has 5 aliphatic carbocycles. The van der Waals surface area contributed by atoms with Crippen LogP contribution in [-0.4, -0.2) is 39.8 Å². The van der Waals surface area contributed by atoms with Crippen LogP contribution in [-0.2, 0) is 9.59 Å². The highest BCUT2D eigenvalue weighted by Gasteiger charge is 2.70. The summed E-state index contributed by atoms with van der Waals surface area (Å²) in [4.78, 5) is 25.2. The summed E-state index contributed by atoms with van der Waals surface area (Å²) < 4.78 is 0. The normalized spacial score (nSPS) is 57.6. The van der Waals surface area contributed by atoms with Crippen molar-refractivity contribution >= 4 is 12.3 Å². The van der Waals surface area contributed by atoms with Gasteiger partial charge in [0.15, 0.2) is 0 Å². The average molecular weight is 487 g/mol. The Morgan fingerprint density at radius 3 is 2.31 bits per heavy atom. The fraction of sp³-hybridized carbons (Fsp3) is 0.867. The average Bonchev–Trinajstić information content (AvgIpc) is 2.80. The standard InChI is InChI=1S/C30H46O5/c1-17-9-12-30(25(34)35)14-13-28(5)19(23(30)18(17)2)7-8-22-26(3)15-20(32)24(33)27(4,16-31)21(26)10-11-29(22,28)6/h7,16-18,20-24,32-33H,8-15H2,1-6H3,(H,34,35)/t17-,18+,20-,21-,22-,23+,24-,26+,27-,28-,29-,30+/m1/s1. The van der Waals surface area contributed by atoms with Crippen LogP contribution in [0.5, 0.6) is 0 Å². The SMILES string of the molecule is C[C@H]1[C@H](C)CC[C@]2(C(=O)O)CC[C@]3(C)C(=CC[C@@H]4[C@@]5(C)C[C@@H](O)[C@@H](O)[C@](C)(C=O)[C@@H]5CC[C@]43C)[C@H]12. The molecule has 0 heterocycles. The van der Waals surface area contributed by atoms with Gasteiger partial charge in [-0.15, -0.1) is 0 Å². The number of hydrogen-bond acceptors (Lipinski definition) is 4. The van der Waals surface area contributed by atoms with Gasteiger partial charge in [0.2, 0.25) is 0 Å². The maximum atomic E-state index is 12.8. The Bertz CT molecular complexity index is 958. The highest BCUT2D eigenvalue weighted by molar-refractivity contribution is 5.76. The van der Waals surface area contributed by atoms with Gasteiger partial charge >= 0.3 is 5.97 Å². The van der Waals surface area contributed by atoms with Crippen molar-refractivity contribution in [1.29, 1.82) is 0 Å².